The molecule has 1 aromatic carbocycles. The van der Waals surface area contributed by atoms with Crippen LogP contribution >= 0.6 is 11.6 Å². The number of nitrogens with one attached hydrogen (secondary N) is 1. The first-order chi connectivity index (χ1) is 7.30. The molecule has 0 fully saturated rings. The lowest BCUT2D eigenvalue weighted by Gasteiger charge is -2.11. The highest BCUT2D eigenvalue weighted by Gasteiger charge is 2.33. The molecule has 0 spiro atoms. The predicted octanol–water partition coefficient (Wildman–Crippen LogP) is 3.36. The van der Waals surface area contributed by atoms with Crippen molar-refractivity contribution in [2.45, 2.75) is 13.1 Å². The molecular weight excluding hydrogens is 243 g/mol. The minimum Gasteiger partial charge on any atom is -0.378 e. The van der Waals surface area contributed by atoms with Crippen LogP contribution in [-0.2, 0) is 11.0 Å². The van der Waals surface area contributed by atoms with E-state index in [0.717, 1.165) is 12.1 Å². The van der Waals surface area contributed by atoms with Crippen LogP contribution in [-0.4, -0.2) is 12.3 Å². The first kappa shape index (κ1) is 12.8. The van der Waals surface area contributed by atoms with Gasteiger partial charge in [0.2, 0.25) is 0 Å². The monoisotopic (exact) mass is 251 g/mol. The van der Waals surface area contributed by atoms with E-state index in [2.05, 4.69) is 5.32 Å². The minimum atomic E-state index is -4.50. The van der Waals surface area contributed by atoms with Gasteiger partial charge in [-0.25, -0.2) is 0 Å². The van der Waals surface area contributed by atoms with Crippen LogP contribution in [0.25, 0.3) is 0 Å². The van der Waals surface area contributed by atoms with Crippen molar-refractivity contribution in [3.05, 3.63) is 28.8 Å². The Morgan fingerprint density at radius 2 is 2.06 bits per heavy atom. The highest BCUT2D eigenvalue weighted by atomic mass is 35.5. The van der Waals surface area contributed by atoms with Gasteiger partial charge in [-0.15, -0.1) is 0 Å². The summed E-state index contributed by atoms with van der Waals surface area (Å²) in [6, 6.07) is 3.42. The van der Waals surface area contributed by atoms with E-state index < -0.39 is 11.7 Å². The number of benzene rings is 1. The average molecular weight is 252 g/mol. The zero-order valence-electron chi connectivity index (χ0n) is 8.36. The lowest BCUT2D eigenvalue weighted by molar-refractivity contribution is -0.137. The van der Waals surface area contributed by atoms with Crippen molar-refractivity contribution in [2.75, 3.05) is 11.9 Å². The fourth-order valence-corrected chi connectivity index (χ4v) is 1.30. The van der Waals surface area contributed by atoms with Crippen molar-refractivity contribution in [3.8, 4) is 0 Å². The van der Waals surface area contributed by atoms with E-state index in [1.807, 2.05) is 0 Å². The Labute approximate surface area is 95.4 Å². The number of carbonyl (C=O) groups is 1. The summed E-state index contributed by atoms with van der Waals surface area (Å²) in [7, 11) is 0. The minimum absolute atomic E-state index is 0.0150. The molecule has 1 rings (SSSR count). The number of hydrogen-bond acceptors (Lipinski definition) is 2. The maximum Gasteiger partial charge on any atom is 0.417 e. The molecule has 2 nitrogen and oxygen atoms in total. The van der Waals surface area contributed by atoms with Crippen molar-refractivity contribution in [2.24, 2.45) is 0 Å². The topological polar surface area (TPSA) is 29.1 Å². The van der Waals surface area contributed by atoms with E-state index in [-0.39, 0.29) is 23.0 Å². The lowest BCUT2D eigenvalue weighted by Crippen LogP contribution is -2.11. The van der Waals surface area contributed by atoms with Gasteiger partial charge in [0.25, 0.3) is 0 Å². The van der Waals surface area contributed by atoms with Crippen LogP contribution in [0.4, 0.5) is 18.9 Å². The van der Waals surface area contributed by atoms with E-state index in [4.69, 9.17) is 11.6 Å². The van der Waals surface area contributed by atoms with Crippen molar-refractivity contribution < 1.29 is 18.0 Å². The summed E-state index contributed by atoms with van der Waals surface area (Å²) >= 11 is 5.43. The summed E-state index contributed by atoms with van der Waals surface area (Å²) in [5, 5.41) is 2.22. The molecule has 0 aliphatic heterocycles. The molecule has 0 heterocycles. The maximum atomic E-state index is 12.4. The largest absolute Gasteiger partial charge is 0.417 e. The second-order valence-electron chi connectivity index (χ2n) is 3.25. The standard InChI is InChI=1S/C10H9ClF3NO/c1-6(16)5-15-7-2-3-9(11)8(4-7)10(12,13)14/h2-4,15H,5H2,1H3. The van der Waals surface area contributed by atoms with Crippen LogP contribution in [0.3, 0.4) is 0 Å². The Morgan fingerprint density at radius 1 is 1.44 bits per heavy atom. The van der Waals surface area contributed by atoms with Gasteiger partial charge < -0.3 is 5.32 Å². The van der Waals surface area contributed by atoms with E-state index >= 15 is 0 Å². The molecule has 1 N–H and O–H groups in total. The molecule has 1 aromatic rings. The van der Waals surface area contributed by atoms with Crippen LogP contribution in [0.2, 0.25) is 5.02 Å². The summed E-state index contributed by atoms with van der Waals surface area (Å²) in [5.74, 6) is -0.163. The Kier molecular flexibility index (Phi) is 3.80. The number of halogens is 4. The second-order valence-corrected chi connectivity index (χ2v) is 3.66. The van der Waals surface area contributed by atoms with Crippen LogP contribution in [0.1, 0.15) is 12.5 Å². The first-order valence-corrected chi connectivity index (χ1v) is 4.78. The van der Waals surface area contributed by atoms with Crippen molar-refractivity contribution in [1.82, 2.24) is 0 Å². The summed E-state index contributed by atoms with van der Waals surface area (Å²) < 4.78 is 37.3. The molecule has 0 aliphatic rings. The smallest absolute Gasteiger partial charge is 0.378 e. The number of rotatable bonds is 3. The van der Waals surface area contributed by atoms with Crippen LogP contribution in [0.15, 0.2) is 18.2 Å². The lowest BCUT2D eigenvalue weighted by atomic mass is 10.2. The Balaban J connectivity index is 2.94. The summed E-state index contributed by atoms with van der Waals surface area (Å²) in [6.07, 6.45) is -4.50. The molecule has 0 aromatic heterocycles. The molecule has 0 atom stereocenters. The third-order valence-corrected chi connectivity index (χ3v) is 2.14. The van der Waals surface area contributed by atoms with Gasteiger partial charge in [0.15, 0.2) is 0 Å². The fourth-order valence-electron chi connectivity index (χ4n) is 1.08. The van der Waals surface area contributed by atoms with Crippen LogP contribution < -0.4 is 5.32 Å². The number of Topliss-reactive ketones (excluding diaryl/α,β-unsaturated/α-hetero) is 1. The van der Waals surface area contributed by atoms with Crippen molar-refractivity contribution in [1.29, 1.82) is 0 Å². The quantitative estimate of drug-likeness (QED) is 0.893. The third kappa shape index (κ3) is 3.41. The number of carbonyl (C=O) groups excluding carboxylic acids is 1. The zero-order valence-corrected chi connectivity index (χ0v) is 9.12. The highest BCUT2D eigenvalue weighted by Crippen LogP contribution is 2.36. The van der Waals surface area contributed by atoms with E-state index in [1.54, 1.807) is 0 Å². The van der Waals surface area contributed by atoms with Crippen LogP contribution in [0, 0.1) is 0 Å². The van der Waals surface area contributed by atoms with E-state index in [1.165, 1.54) is 13.0 Å². The van der Waals surface area contributed by atoms with Gasteiger partial charge in [-0.2, -0.15) is 13.2 Å². The number of anilines is 1. The van der Waals surface area contributed by atoms with Gasteiger partial charge >= 0.3 is 6.18 Å². The van der Waals surface area contributed by atoms with Gasteiger partial charge in [-0.05, 0) is 25.1 Å². The van der Waals surface area contributed by atoms with E-state index in [0.29, 0.717) is 0 Å². The normalized spacial score (nSPS) is 11.3. The number of hydrogen-bond donors (Lipinski definition) is 1. The Hall–Kier alpha value is -1.23. The van der Waals surface area contributed by atoms with E-state index in [9.17, 15) is 18.0 Å². The Bertz CT molecular complexity index is 404. The van der Waals surface area contributed by atoms with Gasteiger partial charge in [0.05, 0.1) is 17.1 Å². The van der Waals surface area contributed by atoms with Crippen LogP contribution in [0.5, 0.6) is 0 Å². The summed E-state index contributed by atoms with van der Waals surface area (Å²) in [4.78, 5) is 10.7. The average Bonchev–Trinajstić information content (AvgIpc) is 2.14. The fraction of sp³-hybridized carbons (Fsp3) is 0.300. The molecule has 88 valence electrons. The molecule has 0 aliphatic carbocycles. The zero-order chi connectivity index (χ0) is 12.3. The second kappa shape index (κ2) is 4.74. The molecule has 6 heteroatoms. The van der Waals surface area contributed by atoms with Gasteiger partial charge in [0.1, 0.15) is 5.78 Å². The van der Waals surface area contributed by atoms with Gasteiger partial charge in [-0.1, -0.05) is 11.6 Å². The van der Waals surface area contributed by atoms with Gasteiger partial charge in [-0.3, -0.25) is 4.79 Å². The third-order valence-electron chi connectivity index (χ3n) is 1.81. The molecule has 0 unspecified atom stereocenters. The van der Waals surface area contributed by atoms with Crippen molar-refractivity contribution in [3.63, 3.8) is 0 Å². The predicted molar refractivity (Wildman–Crippen MR) is 55.6 cm³/mol. The Morgan fingerprint density at radius 3 is 2.56 bits per heavy atom. The molecule has 0 radical (unpaired) electrons. The highest BCUT2D eigenvalue weighted by molar-refractivity contribution is 6.31. The molecular formula is C10H9ClF3NO. The van der Waals surface area contributed by atoms with Gasteiger partial charge in [0, 0.05) is 5.69 Å². The molecule has 0 saturated heterocycles. The SMILES string of the molecule is CC(=O)CNc1ccc(Cl)c(C(F)(F)F)c1. The molecule has 0 saturated carbocycles. The van der Waals surface area contributed by atoms with Crippen molar-refractivity contribution >= 4 is 23.1 Å². The number of ketones is 1. The molecule has 0 bridgehead atoms. The number of alkyl halides is 3. The summed E-state index contributed by atoms with van der Waals surface area (Å²) in [5.41, 5.74) is -0.699. The molecule has 16 heavy (non-hydrogen) atoms. The first-order valence-electron chi connectivity index (χ1n) is 4.41. The molecule has 0 amide bonds. The summed E-state index contributed by atoms with van der Waals surface area (Å²) in [6.45, 7) is 1.33. The maximum absolute atomic E-state index is 12.4.